The number of H-pyrrole nitrogens is 1. The molecule has 2 heterocycles. The van der Waals surface area contributed by atoms with E-state index in [2.05, 4.69) is 4.98 Å². The zero-order valence-corrected chi connectivity index (χ0v) is 11.9. The molecule has 102 valence electrons. The van der Waals surface area contributed by atoms with Crippen LogP contribution in [0.2, 0.25) is 0 Å². The summed E-state index contributed by atoms with van der Waals surface area (Å²) in [6.07, 6.45) is 0.556. The molecule has 0 amide bonds. The van der Waals surface area contributed by atoms with Crippen molar-refractivity contribution in [1.29, 1.82) is 0 Å². The molecular weight excluding hydrogens is 287 g/mol. The Kier molecular flexibility index (Phi) is 2.79. The van der Waals surface area contributed by atoms with Crippen LogP contribution in [0.25, 0.3) is 11.0 Å². The van der Waals surface area contributed by atoms with Crippen molar-refractivity contribution in [1.82, 2.24) is 9.55 Å². The normalized spacial score (nSPS) is 22.1. The largest absolute Gasteiger partial charge is 0.330 e. The van der Waals surface area contributed by atoms with Crippen LogP contribution < -0.4 is 0 Å². The molecule has 1 aliphatic heterocycles. The maximum Gasteiger partial charge on any atom is 0.178 e. The Bertz CT molecular complexity index is 820. The molecule has 1 unspecified atom stereocenters. The van der Waals surface area contributed by atoms with Crippen molar-refractivity contribution in [3.8, 4) is 0 Å². The highest BCUT2D eigenvalue weighted by molar-refractivity contribution is 7.91. The highest BCUT2D eigenvalue weighted by Crippen LogP contribution is 2.29. The molecule has 0 radical (unpaired) electrons. The summed E-state index contributed by atoms with van der Waals surface area (Å²) in [4.78, 5) is 2.94. The second-order valence-electron chi connectivity index (χ2n) is 4.98. The van der Waals surface area contributed by atoms with Crippen LogP contribution in [0.15, 0.2) is 12.1 Å². The van der Waals surface area contributed by atoms with Crippen molar-refractivity contribution in [3.05, 3.63) is 28.3 Å². The molecule has 0 aliphatic carbocycles. The van der Waals surface area contributed by atoms with Gasteiger partial charge in [0.1, 0.15) is 5.82 Å². The van der Waals surface area contributed by atoms with E-state index < -0.39 is 9.84 Å². The monoisotopic (exact) mass is 300 g/mol. The van der Waals surface area contributed by atoms with Gasteiger partial charge in [0.05, 0.1) is 28.6 Å². The lowest BCUT2D eigenvalue weighted by atomic mass is 10.2. The highest BCUT2D eigenvalue weighted by atomic mass is 32.2. The Labute approximate surface area is 115 Å². The van der Waals surface area contributed by atoms with Crippen LogP contribution in [0.5, 0.6) is 0 Å². The van der Waals surface area contributed by atoms with E-state index in [4.69, 9.17) is 12.2 Å². The predicted molar refractivity (Wildman–Crippen MR) is 74.1 cm³/mol. The summed E-state index contributed by atoms with van der Waals surface area (Å²) >= 11 is 5.24. The van der Waals surface area contributed by atoms with E-state index in [1.807, 2.05) is 4.57 Å². The summed E-state index contributed by atoms with van der Waals surface area (Å²) in [5.74, 6) is -0.00768. The average molecular weight is 300 g/mol. The zero-order valence-electron chi connectivity index (χ0n) is 10.3. The van der Waals surface area contributed by atoms with E-state index in [1.54, 1.807) is 13.0 Å². The van der Waals surface area contributed by atoms with Gasteiger partial charge in [0.2, 0.25) is 0 Å². The lowest BCUT2D eigenvalue weighted by Gasteiger charge is -2.11. The highest BCUT2D eigenvalue weighted by Gasteiger charge is 2.30. The van der Waals surface area contributed by atoms with Crippen molar-refractivity contribution < 1.29 is 12.8 Å². The summed E-state index contributed by atoms with van der Waals surface area (Å²) < 4.78 is 39.0. The number of fused-ring (bicyclic) bond motifs is 1. The van der Waals surface area contributed by atoms with Crippen molar-refractivity contribution in [3.63, 3.8) is 0 Å². The Morgan fingerprint density at radius 2 is 2.21 bits per heavy atom. The van der Waals surface area contributed by atoms with E-state index in [9.17, 15) is 12.8 Å². The molecule has 1 aromatic carbocycles. The molecule has 0 saturated carbocycles. The van der Waals surface area contributed by atoms with Gasteiger partial charge in [-0.25, -0.2) is 12.8 Å². The first kappa shape index (κ1) is 12.8. The fraction of sp³-hybridized carbons (Fsp3) is 0.417. The molecule has 1 aromatic heterocycles. The minimum Gasteiger partial charge on any atom is -0.330 e. The fourth-order valence-electron chi connectivity index (χ4n) is 2.59. The number of nitrogens with one attached hydrogen (secondary N) is 1. The molecule has 0 spiro atoms. The summed E-state index contributed by atoms with van der Waals surface area (Å²) in [7, 11) is -2.98. The van der Waals surface area contributed by atoms with Crippen molar-refractivity contribution in [2.75, 3.05) is 11.5 Å². The first-order valence-corrected chi connectivity index (χ1v) is 8.21. The fourth-order valence-corrected chi connectivity index (χ4v) is 4.65. The van der Waals surface area contributed by atoms with Gasteiger partial charge >= 0.3 is 0 Å². The van der Waals surface area contributed by atoms with E-state index in [1.165, 1.54) is 6.07 Å². The molecule has 3 rings (SSSR count). The maximum atomic E-state index is 13.5. The summed E-state index contributed by atoms with van der Waals surface area (Å²) in [6, 6.07) is 2.96. The smallest absolute Gasteiger partial charge is 0.178 e. The molecule has 1 fully saturated rings. The van der Waals surface area contributed by atoms with Crippen LogP contribution in [0.3, 0.4) is 0 Å². The lowest BCUT2D eigenvalue weighted by Crippen LogP contribution is -2.11. The summed E-state index contributed by atoms with van der Waals surface area (Å²) in [5, 5.41) is 0. The first-order chi connectivity index (χ1) is 8.87. The molecule has 1 atom stereocenters. The standard InChI is InChI=1S/C12H13FN2O2S2/c1-7-4-11-10(5-9(7)13)14-12(18)15(11)8-2-3-19(16,17)6-8/h4-5,8H,2-3,6H2,1H3,(H,14,18). The minimum atomic E-state index is -2.98. The minimum absolute atomic E-state index is 0.102. The Morgan fingerprint density at radius 3 is 2.84 bits per heavy atom. The molecule has 0 bridgehead atoms. The third-order valence-corrected chi connectivity index (χ3v) is 5.62. The van der Waals surface area contributed by atoms with Gasteiger partial charge in [-0.3, -0.25) is 0 Å². The molecule has 2 aromatic rings. The number of imidazole rings is 1. The van der Waals surface area contributed by atoms with Crippen LogP contribution in [-0.4, -0.2) is 29.5 Å². The molecule has 1 N–H and O–H groups in total. The number of aromatic nitrogens is 2. The molecule has 7 heteroatoms. The van der Waals surface area contributed by atoms with E-state index >= 15 is 0 Å². The van der Waals surface area contributed by atoms with Crippen LogP contribution in [0, 0.1) is 17.5 Å². The van der Waals surface area contributed by atoms with Gasteiger partial charge in [-0.05, 0) is 43.3 Å². The number of aryl methyl sites for hydroxylation is 1. The summed E-state index contributed by atoms with van der Waals surface area (Å²) in [5.41, 5.74) is 1.90. The quantitative estimate of drug-likeness (QED) is 0.823. The van der Waals surface area contributed by atoms with Crippen molar-refractivity contribution in [2.24, 2.45) is 0 Å². The number of sulfone groups is 1. The SMILES string of the molecule is Cc1cc2c(cc1F)[nH]c(=S)n2C1CCS(=O)(=O)C1. The van der Waals surface area contributed by atoms with Crippen LogP contribution >= 0.6 is 12.2 Å². The predicted octanol–water partition coefficient (Wildman–Crippen LogP) is 2.51. The van der Waals surface area contributed by atoms with Gasteiger partial charge < -0.3 is 9.55 Å². The Hall–Kier alpha value is -1.21. The van der Waals surface area contributed by atoms with E-state index in [0.717, 1.165) is 5.52 Å². The zero-order chi connectivity index (χ0) is 13.8. The van der Waals surface area contributed by atoms with Gasteiger partial charge in [-0.1, -0.05) is 0 Å². The van der Waals surface area contributed by atoms with Crippen LogP contribution in [0.1, 0.15) is 18.0 Å². The number of hydrogen-bond acceptors (Lipinski definition) is 3. The number of benzene rings is 1. The summed E-state index contributed by atoms with van der Waals surface area (Å²) in [6.45, 7) is 1.68. The van der Waals surface area contributed by atoms with Crippen molar-refractivity contribution in [2.45, 2.75) is 19.4 Å². The molecule has 1 aliphatic rings. The lowest BCUT2D eigenvalue weighted by molar-refractivity contribution is 0.562. The molecule has 1 saturated heterocycles. The second-order valence-corrected chi connectivity index (χ2v) is 7.59. The second kappa shape index (κ2) is 4.14. The number of halogens is 1. The van der Waals surface area contributed by atoms with Gasteiger partial charge in [-0.2, -0.15) is 0 Å². The van der Waals surface area contributed by atoms with E-state index in [0.29, 0.717) is 22.3 Å². The number of rotatable bonds is 1. The maximum absolute atomic E-state index is 13.5. The molecule has 19 heavy (non-hydrogen) atoms. The average Bonchev–Trinajstić information content (AvgIpc) is 2.79. The Balaban J connectivity index is 2.22. The van der Waals surface area contributed by atoms with Crippen molar-refractivity contribution >= 4 is 33.1 Å². The molecule has 4 nitrogen and oxygen atoms in total. The topological polar surface area (TPSA) is 54.9 Å². The number of aromatic amines is 1. The number of hydrogen-bond donors (Lipinski definition) is 1. The van der Waals surface area contributed by atoms with Gasteiger partial charge in [-0.15, -0.1) is 0 Å². The van der Waals surface area contributed by atoms with Crippen LogP contribution in [0.4, 0.5) is 4.39 Å². The van der Waals surface area contributed by atoms with Gasteiger partial charge in [0, 0.05) is 0 Å². The number of nitrogens with zero attached hydrogens (tertiary/aromatic N) is 1. The molecular formula is C12H13FN2O2S2. The van der Waals surface area contributed by atoms with Crippen LogP contribution in [-0.2, 0) is 9.84 Å². The van der Waals surface area contributed by atoms with E-state index in [-0.39, 0.29) is 23.4 Å². The first-order valence-electron chi connectivity index (χ1n) is 5.98. The van der Waals surface area contributed by atoms with Gasteiger partial charge in [0.25, 0.3) is 0 Å². The third kappa shape index (κ3) is 2.10. The Morgan fingerprint density at radius 1 is 1.47 bits per heavy atom. The third-order valence-electron chi connectivity index (χ3n) is 3.57. The van der Waals surface area contributed by atoms with Gasteiger partial charge in [0.15, 0.2) is 14.6 Å².